The fourth-order valence-corrected chi connectivity index (χ4v) is 1.43. The van der Waals surface area contributed by atoms with Crippen molar-refractivity contribution in [1.29, 1.82) is 10.5 Å². The van der Waals surface area contributed by atoms with E-state index in [1.807, 2.05) is 26.0 Å². The number of aryl methyl sites for hydroxylation is 2. The van der Waals surface area contributed by atoms with Crippen LogP contribution in [0.25, 0.3) is 0 Å². The van der Waals surface area contributed by atoms with Gasteiger partial charge in [-0.2, -0.15) is 15.6 Å². The molecule has 0 fully saturated rings. The van der Waals surface area contributed by atoms with Gasteiger partial charge in [-0.05, 0) is 37.1 Å². The highest BCUT2D eigenvalue weighted by molar-refractivity contribution is 9.10. The molecule has 0 atom stereocenters. The molecule has 16 heavy (non-hydrogen) atoms. The predicted octanol–water partition coefficient (Wildman–Crippen LogP) is 2.88. The van der Waals surface area contributed by atoms with Crippen LogP contribution < -0.4 is 5.43 Å². The lowest BCUT2D eigenvalue weighted by molar-refractivity contribution is 1.28. The molecule has 0 spiro atoms. The molecular weight excluding hydrogens is 268 g/mol. The van der Waals surface area contributed by atoms with Crippen molar-refractivity contribution < 1.29 is 0 Å². The summed E-state index contributed by atoms with van der Waals surface area (Å²) in [4.78, 5) is 0. The molecule has 0 saturated carbocycles. The average Bonchev–Trinajstić information content (AvgIpc) is 2.27. The van der Waals surface area contributed by atoms with Gasteiger partial charge in [-0.1, -0.05) is 15.9 Å². The molecule has 1 aromatic carbocycles. The highest BCUT2D eigenvalue weighted by Crippen LogP contribution is 2.24. The number of nitrogens with one attached hydrogen (secondary N) is 1. The van der Waals surface area contributed by atoms with Crippen LogP contribution in [0.4, 0.5) is 5.69 Å². The normalized spacial score (nSPS) is 8.81. The van der Waals surface area contributed by atoms with Gasteiger partial charge in [0.2, 0.25) is 5.71 Å². The third-order valence-corrected chi connectivity index (χ3v) is 3.20. The van der Waals surface area contributed by atoms with Crippen molar-refractivity contribution in [2.24, 2.45) is 5.10 Å². The fraction of sp³-hybridized carbons (Fsp3) is 0.182. The third kappa shape index (κ3) is 2.82. The number of nitrogens with zero attached hydrogens (tertiary/aromatic N) is 3. The van der Waals surface area contributed by atoms with Gasteiger partial charge >= 0.3 is 0 Å². The van der Waals surface area contributed by atoms with Gasteiger partial charge in [0.1, 0.15) is 12.1 Å². The zero-order chi connectivity index (χ0) is 12.1. The third-order valence-electron chi connectivity index (χ3n) is 1.95. The van der Waals surface area contributed by atoms with Crippen LogP contribution in [0.15, 0.2) is 21.7 Å². The number of rotatable bonds is 2. The van der Waals surface area contributed by atoms with Gasteiger partial charge in [0.15, 0.2) is 0 Å². The van der Waals surface area contributed by atoms with Crippen molar-refractivity contribution in [1.82, 2.24) is 0 Å². The Balaban J connectivity index is 2.98. The summed E-state index contributed by atoms with van der Waals surface area (Å²) in [5.41, 5.74) is 5.36. The first-order valence-corrected chi connectivity index (χ1v) is 5.28. The molecule has 0 aliphatic heterocycles. The second kappa shape index (κ2) is 5.29. The van der Waals surface area contributed by atoms with Crippen LogP contribution in [0.3, 0.4) is 0 Å². The minimum Gasteiger partial charge on any atom is -0.276 e. The quantitative estimate of drug-likeness (QED) is 0.667. The monoisotopic (exact) mass is 276 g/mol. The smallest absolute Gasteiger partial charge is 0.237 e. The first-order valence-electron chi connectivity index (χ1n) is 4.49. The van der Waals surface area contributed by atoms with Crippen LogP contribution >= 0.6 is 15.9 Å². The Hall–Kier alpha value is -1.85. The number of benzene rings is 1. The summed E-state index contributed by atoms with van der Waals surface area (Å²) in [6, 6.07) is 7.12. The Bertz CT molecular complexity index is 481. The van der Waals surface area contributed by atoms with Crippen molar-refractivity contribution in [3.05, 3.63) is 27.7 Å². The molecule has 0 aliphatic carbocycles. The van der Waals surface area contributed by atoms with Gasteiger partial charge in [-0.25, -0.2) is 0 Å². The van der Waals surface area contributed by atoms with E-state index in [1.165, 1.54) is 0 Å². The number of hydrogen-bond acceptors (Lipinski definition) is 4. The zero-order valence-electron chi connectivity index (χ0n) is 8.87. The van der Waals surface area contributed by atoms with Gasteiger partial charge in [0, 0.05) is 4.47 Å². The minimum atomic E-state index is -0.196. The summed E-state index contributed by atoms with van der Waals surface area (Å²) in [7, 11) is 0. The molecule has 1 N–H and O–H groups in total. The first kappa shape index (κ1) is 12.2. The lowest BCUT2D eigenvalue weighted by Crippen LogP contribution is -1.97. The molecule has 4 nitrogen and oxygen atoms in total. The maximum absolute atomic E-state index is 8.51. The van der Waals surface area contributed by atoms with Crippen LogP contribution in [0, 0.1) is 36.5 Å². The van der Waals surface area contributed by atoms with E-state index in [1.54, 1.807) is 12.1 Å². The summed E-state index contributed by atoms with van der Waals surface area (Å²) >= 11 is 3.45. The molecule has 0 heterocycles. The van der Waals surface area contributed by atoms with Crippen molar-refractivity contribution in [2.75, 3.05) is 5.43 Å². The number of halogens is 1. The molecule has 0 radical (unpaired) electrons. The van der Waals surface area contributed by atoms with Crippen LogP contribution in [-0.4, -0.2) is 5.71 Å². The van der Waals surface area contributed by atoms with E-state index in [2.05, 4.69) is 26.5 Å². The van der Waals surface area contributed by atoms with E-state index >= 15 is 0 Å². The second-order valence-electron chi connectivity index (χ2n) is 3.22. The summed E-state index contributed by atoms with van der Waals surface area (Å²) in [5, 5.41) is 20.7. The lowest BCUT2D eigenvalue weighted by Gasteiger charge is -2.06. The summed E-state index contributed by atoms with van der Waals surface area (Å²) in [6.07, 6.45) is 0. The van der Waals surface area contributed by atoms with E-state index < -0.39 is 0 Å². The molecule has 0 aromatic heterocycles. The number of hydrazone groups is 1. The van der Waals surface area contributed by atoms with Gasteiger partial charge < -0.3 is 0 Å². The van der Waals surface area contributed by atoms with E-state index in [0.29, 0.717) is 0 Å². The maximum atomic E-state index is 8.51. The molecule has 0 amide bonds. The minimum absolute atomic E-state index is 0.196. The van der Waals surface area contributed by atoms with Crippen LogP contribution in [0.1, 0.15) is 11.1 Å². The number of nitriles is 2. The molecule has 0 bridgehead atoms. The number of anilines is 1. The molecule has 5 heteroatoms. The Labute approximate surface area is 102 Å². The van der Waals surface area contributed by atoms with Crippen LogP contribution in [0.5, 0.6) is 0 Å². The van der Waals surface area contributed by atoms with Crippen molar-refractivity contribution in [3.8, 4) is 12.1 Å². The van der Waals surface area contributed by atoms with E-state index in [4.69, 9.17) is 10.5 Å². The van der Waals surface area contributed by atoms with Crippen molar-refractivity contribution >= 4 is 27.3 Å². The molecule has 80 valence electrons. The predicted molar refractivity (Wildman–Crippen MR) is 65.9 cm³/mol. The van der Waals surface area contributed by atoms with Gasteiger partial charge in [-0.3, -0.25) is 5.43 Å². The fourth-order valence-electron chi connectivity index (χ4n) is 1.21. The Morgan fingerprint density at radius 1 is 1.25 bits per heavy atom. The lowest BCUT2D eigenvalue weighted by atomic mass is 10.1. The zero-order valence-corrected chi connectivity index (χ0v) is 10.5. The number of hydrogen-bond donors (Lipinski definition) is 1. The summed E-state index contributed by atoms with van der Waals surface area (Å²) < 4.78 is 1.04. The van der Waals surface area contributed by atoms with Gasteiger partial charge in [0.25, 0.3) is 0 Å². The largest absolute Gasteiger partial charge is 0.276 e. The molecule has 0 unspecified atom stereocenters. The highest BCUT2D eigenvalue weighted by Gasteiger charge is 2.02. The molecular formula is C11H9BrN4. The topological polar surface area (TPSA) is 72.0 Å². The van der Waals surface area contributed by atoms with E-state index in [9.17, 15) is 0 Å². The standard InChI is InChI=1S/C11H9BrN4/c1-7-3-9(4-8(2)11(7)12)15-16-10(5-13)6-14/h3-4,15H,1-2H3. The highest BCUT2D eigenvalue weighted by atomic mass is 79.9. The van der Waals surface area contributed by atoms with Gasteiger partial charge in [-0.15, -0.1) is 0 Å². The average molecular weight is 277 g/mol. The molecule has 1 rings (SSSR count). The van der Waals surface area contributed by atoms with E-state index in [-0.39, 0.29) is 5.71 Å². The van der Waals surface area contributed by atoms with E-state index in [0.717, 1.165) is 21.3 Å². The Kier molecular flexibility index (Phi) is 4.04. The maximum Gasteiger partial charge on any atom is 0.237 e. The Morgan fingerprint density at radius 3 is 2.19 bits per heavy atom. The summed E-state index contributed by atoms with van der Waals surface area (Å²) in [5.74, 6) is 0. The molecule has 1 aromatic rings. The second-order valence-corrected chi connectivity index (χ2v) is 4.01. The van der Waals surface area contributed by atoms with Crippen molar-refractivity contribution in [3.63, 3.8) is 0 Å². The van der Waals surface area contributed by atoms with Gasteiger partial charge in [0.05, 0.1) is 5.69 Å². The van der Waals surface area contributed by atoms with Crippen molar-refractivity contribution in [2.45, 2.75) is 13.8 Å². The summed E-state index contributed by atoms with van der Waals surface area (Å²) in [6.45, 7) is 3.92. The SMILES string of the molecule is Cc1cc(NN=C(C#N)C#N)cc(C)c1Br. The van der Waals surface area contributed by atoms with Crippen LogP contribution in [0.2, 0.25) is 0 Å². The molecule has 0 saturated heterocycles. The Morgan fingerprint density at radius 2 is 1.75 bits per heavy atom. The first-order chi connectivity index (χ1) is 7.58. The van der Waals surface area contributed by atoms with Crippen LogP contribution in [-0.2, 0) is 0 Å². The molecule has 0 aliphatic rings.